The number of aromatic amines is 1. The highest BCUT2D eigenvalue weighted by Gasteiger charge is 2.18. The first-order chi connectivity index (χ1) is 10.1. The van der Waals surface area contributed by atoms with Gasteiger partial charge in [0.15, 0.2) is 5.78 Å². The molecule has 1 saturated heterocycles. The molecule has 0 radical (unpaired) electrons. The molecule has 2 heterocycles. The highest BCUT2D eigenvalue weighted by Crippen LogP contribution is 2.25. The summed E-state index contributed by atoms with van der Waals surface area (Å²) in [6, 6.07) is 5.96. The third-order valence-corrected chi connectivity index (χ3v) is 3.64. The molecule has 1 aliphatic rings. The number of phenols is 1. The lowest BCUT2D eigenvalue weighted by molar-refractivity contribution is 0.0371. The van der Waals surface area contributed by atoms with Crippen LogP contribution in [0.2, 0.25) is 0 Å². The Morgan fingerprint density at radius 2 is 2.00 bits per heavy atom. The van der Waals surface area contributed by atoms with Crippen molar-refractivity contribution in [3.05, 3.63) is 40.2 Å². The van der Waals surface area contributed by atoms with Crippen LogP contribution in [0.5, 0.6) is 5.75 Å². The normalized spacial score (nSPS) is 16.2. The van der Waals surface area contributed by atoms with Crippen LogP contribution in [0.25, 0.3) is 10.9 Å². The average molecular weight is 288 g/mol. The molecule has 0 unspecified atom stereocenters. The van der Waals surface area contributed by atoms with Crippen LogP contribution in [0.1, 0.15) is 10.4 Å². The average Bonchev–Trinajstić information content (AvgIpc) is 2.49. The lowest BCUT2D eigenvalue weighted by Crippen LogP contribution is -2.39. The van der Waals surface area contributed by atoms with Crippen molar-refractivity contribution in [1.29, 1.82) is 0 Å². The molecular weight excluding hydrogens is 272 g/mol. The topological polar surface area (TPSA) is 82.6 Å². The van der Waals surface area contributed by atoms with Gasteiger partial charge in [-0.1, -0.05) is 0 Å². The molecule has 3 rings (SSSR count). The number of aromatic hydroxyl groups is 1. The number of fused-ring (bicyclic) bond motifs is 1. The quantitative estimate of drug-likeness (QED) is 0.814. The minimum Gasteiger partial charge on any atom is -0.506 e. The van der Waals surface area contributed by atoms with E-state index in [0.717, 1.165) is 13.1 Å². The molecule has 1 fully saturated rings. The maximum absolute atomic E-state index is 12.5. The zero-order valence-corrected chi connectivity index (χ0v) is 11.5. The molecule has 2 aromatic rings. The fraction of sp³-hybridized carbons (Fsp3) is 0.333. The standard InChI is InChI=1S/C15H16N2O4/c18-12-3-1-10(11-2-4-14(20)16-15(11)12)13(19)9-17-5-7-21-8-6-17/h1-4,18H,5-9H2,(H,16,20). The number of benzene rings is 1. The monoisotopic (exact) mass is 288 g/mol. The number of ketones is 1. The predicted octanol–water partition coefficient (Wildman–Crippen LogP) is 0.749. The maximum atomic E-state index is 12.5. The summed E-state index contributed by atoms with van der Waals surface area (Å²) in [5, 5.41) is 10.4. The Hall–Kier alpha value is -2.18. The van der Waals surface area contributed by atoms with E-state index in [9.17, 15) is 14.7 Å². The third-order valence-electron chi connectivity index (χ3n) is 3.64. The minimum atomic E-state index is -0.310. The lowest BCUT2D eigenvalue weighted by Gasteiger charge is -2.25. The van der Waals surface area contributed by atoms with Crippen molar-refractivity contribution in [2.75, 3.05) is 32.8 Å². The second kappa shape index (κ2) is 5.67. The molecule has 0 amide bonds. The van der Waals surface area contributed by atoms with Gasteiger partial charge in [-0.25, -0.2) is 0 Å². The summed E-state index contributed by atoms with van der Waals surface area (Å²) in [6.45, 7) is 3.05. The number of nitrogens with one attached hydrogen (secondary N) is 1. The Kier molecular flexibility index (Phi) is 3.72. The number of rotatable bonds is 3. The van der Waals surface area contributed by atoms with E-state index in [2.05, 4.69) is 4.98 Å². The van der Waals surface area contributed by atoms with Crippen LogP contribution >= 0.6 is 0 Å². The second-order valence-corrected chi connectivity index (χ2v) is 5.06. The lowest BCUT2D eigenvalue weighted by atomic mass is 10.0. The number of phenolic OH excluding ortho intramolecular Hbond substituents is 1. The number of hydrogen-bond donors (Lipinski definition) is 2. The Morgan fingerprint density at radius 3 is 2.76 bits per heavy atom. The molecule has 6 heteroatoms. The zero-order valence-electron chi connectivity index (χ0n) is 11.5. The molecular formula is C15H16N2O4. The fourth-order valence-electron chi connectivity index (χ4n) is 2.53. The molecule has 6 nitrogen and oxygen atoms in total. The van der Waals surface area contributed by atoms with Crippen molar-refractivity contribution in [2.45, 2.75) is 0 Å². The summed E-state index contributed by atoms with van der Waals surface area (Å²) in [7, 11) is 0. The smallest absolute Gasteiger partial charge is 0.248 e. The van der Waals surface area contributed by atoms with Gasteiger partial charge in [0.1, 0.15) is 5.75 Å². The van der Waals surface area contributed by atoms with Gasteiger partial charge in [-0.05, 0) is 18.2 Å². The van der Waals surface area contributed by atoms with Crippen LogP contribution in [-0.2, 0) is 4.74 Å². The number of H-pyrrole nitrogens is 1. The Labute approximate surface area is 121 Å². The molecule has 0 spiro atoms. The van der Waals surface area contributed by atoms with E-state index in [1.54, 1.807) is 12.1 Å². The van der Waals surface area contributed by atoms with Crippen LogP contribution in [0.3, 0.4) is 0 Å². The molecule has 1 aliphatic heterocycles. The molecule has 0 aliphatic carbocycles. The number of nitrogens with zero attached hydrogens (tertiary/aromatic N) is 1. The summed E-state index contributed by atoms with van der Waals surface area (Å²) in [5.74, 6) is -0.0698. The molecule has 2 N–H and O–H groups in total. The van der Waals surface area contributed by atoms with Gasteiger partial charge in [0.25, 0.3) is 0 Å². The van der Waals surface area contributed by atoms with E-state index in [1.165, 1.54) is 12.1 Å². The Balaban J connectivity index is 1.94. The van der Waals surface area contributed by atoms with E-state index in [4.69, 9.17) is 4.74 Å². The van der Waals surface area contributed by atoms with Gasteiger partial charge in [-0.2, -0.15) is 0 Å². The number of morpholine rings is 1. The zero-order chi connectivity index (χ0) is 14.8. The van der Waals surface area contributed by atoms with Crippen LogP contribution in [0.4, 0.5) is 0 Å². The van der Waals surface area contributed by atoms with E-state index in [1.807, 2.05) is 4.90 Å². The molecule has 1 aromatic heterocycles. The highest BCUT2D eigenvalue weighted by molar-refractivity contribution is 6.09. The Bertz CT molecular complexity index is 732. The van der Waals surface area contributed by atoms with Crippen molar-refractivity contribution in [3.8, 4) is 5.75 Å². The van der Waals surface area contributed by atoms with E-state index in [-0.39, 0.29) is 17.1 Å². The largest absolute Gasteiger partial charge is 0.506 e. The van der Waals surface area contributed by atoms with Gasteiger partial charge in [-0.3, -0.25) is 14.5 Å². The van der Waals surface area contributed by atoms with Crippen LogP contribution in [-0.4, -0.2) is 53.6 Å². The highest BCUT2D eigenvalue weighted by atomic mass is 16.5. The van der Waals surface area contributed by atoms with Crippen LogP contribution in [0.15, 0.2) is 29.1 Å². The van der Waals surface area contributed by atoms with Gasteiger partial charge >= 0.3 is 0 Å². The molecule has 1 aromatic carbocycles. The van der Waals surface area contributed by atoms with Gasteiger partial charge in [0.2, 0.25) is 5.56 Å². The van der Waals surface area contributed by atoms with E-state index < -0.39 is 0 Å². The predicted molar refractivity (Wildman–Crippen MR) is 77.8 cm³/mol. The summed E-state index contributed by atoms with van der Waals surface area (Å²) >= 11 is 0. The van der Waals surface area contributed by atoms with Gasteiger partial charge in [0.05, 0.1) is 25.3 Å². The van der Waals surface area contributed by atoms with Crippen molar-refractivity contribution >= 4 is 16.7 Å². The van der Waals surface area contributed by atoms with Crippen molar-refractivity contribution < 1.29 is 14.6 Å². The number of aromatic nitrogens is 1. The molecule has 0 atom stereocenters. The SMILES string of the molecule is O=C(CN1CCOCC1)c1ccc(O)c2[nH]c(=O)ccc12. The van der Waals surface area contributed by atoms with E-state index >= 15 is 0 Å². The van der Waals surface area contributed by atoms with Gasteiger partial charge < -0.3 is 14.8 Å². The number of Topliss-reactive ketones (excluding diaryl/α,β-unsaturated/α-hetero) is 1. The third kappa shape index (κ3) is 2.81. The first kappa shape index (κ1) is 13.8. The summed E-state index contributed by atoms with van der Waals surface area (Å²) in [6.07, 6.45) is 0. The number of ether oxygens (including phenoxy) is 1. The fourth-order valence-corrected chi connectivity index (χ4v) is 2.53. The summed E-state index contributed by atoms with van der Waals surface area (Å²) in [4.78, 5) is 28.4. The molecule has 110 valence electrons. The number of pyridine rings is 1. The number of carbonyl (C=O) groups excluding carboxylic acids is 1. The van der Waals surface area contributed by atoms with Gasteiger partial charge in [-0.15, -0.1) is 0 Å². The van der Waals surface area contributed by atoms with E-state index in [0.29, 0.717) is 36.2 Å². The molecule has 0 bridgehead atoms. The van der Waals surface area contributed by atoms with Crippen molar-refractivity contribution in [2.24, 2.45) is 0 Å². The summed E-state index contributed by atoms with van der Waals surface area (Å²) < 4.78 is 5.26. The van der Waals surface area contributed by atoms with Crippen molar-refractivity contribution in [3.63, 3.8) is 0 Å². The number of hydrogen-bond acceptors (Lipinski definition) is 5. The van der Waals surface area contributed by atoms with Gasteiger partial charge in [0, 0.05) is 30.1 Å². The molecule has 21 heavy (non-hydrogen) atoms. The van der Waals surface area contributed by atoms with Crippen LogP contribution < -0.4 is 5.56 Å². The first-order valence-corrected chi connectivity index (χ1v) is 6.83. The van der Waals surface area contributed by atoms with Crippen molar-refractivity contribution in [1.82, 2.24) is 9.88 Å². The first-order valence-electron chi connectivity index (χ1n) is 6.83. The Morgan fingerprint density at radius 1 is 1.24 bits per heavy atom. The summed E-state index contributed by atoms with van der Waals surface area (Å²) in [5.41, 5.74) is 0.497. The number of carbonyl (C=O) groups is 1. The maximum Gasteiger partial charge on any atom is 0.248 e. The van der Waals surface area contributed by atoms with Crippen LogP contribution in [0, 0.1) is 0 Å². The second-order valence-electron chi connectivity index (χ2n) is 5.06. The minimum absolute atomic E-state index is 0.0334. The molecule has 0 saturated carbocycles.